The molecule has 2 unspecified atom stereocenters. The number of benzene rings is 4. The van der Waals surface area contributed by atoms with Gasteiger partial charge in [-0.05, 0) is 77.4 Å². The highest BCUT2D eigenvalue weighted by molar-refractivity contribution is 9.10. The first kappa shape index (κ1) is 39.9. The Morgan fingerprint density at radius 2 is 1.00 bits per heavy atom. The molecule has 0 saturated carbocycles. The largest absolute Gasteiger partial charge is 0.207 e. The number of alkyl halides is 1. The molecule has 4 aromatic carbocycles. The lowest BCUT2D eigenvalue weighted by Crippen LogP contribution is -1.99. The van der Waals surface area contributed by atoms with Crippen LogP contribution in [0.1, 0.15) is 46.1 Å². The van der Waals surface area contributed by atoms with Gasteiger partial charge in [0.1, 0.15) is 34.9 Å². The van der Waals surface area contributed by atoms with Crippen LogP contribution in [-0.2, 0) is 28.8 Å². The molecule has 0 saturated heterocycles. The maximum absolute atomic E-state index is 14.1. The first-order valence-corrected chi connectivity index (χ1v) is 17.0. The topological polar surface area (TPSA) is 0 Å². The van der Waals surface area contributed by atoms with Crippen molar-refractivity contribution in [2.24, 2.45) is 11.8 Å². The van der Waals surface area contributed by atoms with Crippen molar-refractivity contribution < 1.29 is 26.3 Å². The van der Waals surface area contributed by atoms with Crippen molar-refractivity contribution in [3.63, 3.8) is 0 Å². The van der Waals surface area contributed by atoms with Gasteiger partial charge in [-0.2, -0.15) is 0 Å². The molecule has 0 aliphatic carbocycles. The van der Waals surface area contributed by atoms with Crippen LogP contribution in [0.5, 0.6) is 0 Å². The molecule has 0 aliphatic rings. The highest BCUT2D eigenvalue weighted by Crippen LogP contribution is 2.28. The molecule has 4 aromatic rings. The molecule has 44 heavy (non-hydrogen) atoms. The minimum atomic E-state index is -0.725. The zero-order chi connectivity index (χ0) is 33.4. The lowest BCUT2D eigenvalue weighted by molar-refractivity contribution is 0.556. The van der Waals surface area contributed by atoms with Crippen molar-refractivity contribution >= 4 is 54.2 Å². The van der Waals surface area contributed by atoms with Gasteiger partial charge in [0, 0.05) is 55.4 Å². The molecule has 2 atom stereocenters. The van der Waals surface area contributed by atoms with Gasteiger partial charge >= 0.3 is 0 Å². The third kappa shape index (κ3) is 13.9. The zero-order valence-corrected chi connectivity index (χ0v) is 29.6. The second kappa shape index (κ2) is 20.8. The molecule has 0 nitrogen and oxygen atoms in total. The summed E-state index contributed by atoms with van der Waals surface area (Å²) in [5, 5.41) is 1.14. The third-order valence-electron chi connectivity index (χ3n) is 6.55. The fourth-order valence-corrected chi connectivity index (χ4v) is 4.51. The monoisotopic (exact) mass is 778 g/mol. The molecule has 238 valence electrons. The van der Waals surface area contributed by atoms with E-state index in [-0.39, 0.29) is 22.3 Å². The van der Waals surface area contributed by atoms with E-state index in [1.54, 1.807) is 12.1 Å². The average Bonchev–Trinajstić information content (AvgIpc) is 2.97. The van der Waals surface area contributed by atoms with Gasteiger partial charge in [0.2, 0.25) is 0 Å². The molecule has 0 bridgehead atoms. The van der Waals surface area contributed by atoms with Crippen molar-refractivity contribution in [2.45, 2.75) is 47.0 Å². The van der Waals surface area contributed by atoms with E-state index in [0.717, 1.165) is 66.1 Å². The number of hydrogen-bond donors (Lipinski definition) is 0. The van der Waals surface area contributed by atoms with Gasteiger partial charge < -0.3 is 0 Å². The molecule has 0 radical (unpaired) electrons. The number of rotatable bonds is 7. The molecule has 0 heterocycles. The van der Waals surface area contributed by atoms with Crippen LogP contribution in [0.3, 0.4) is 0 Å². The maximum Gasteiger partial charge on any atom is 0.132 e. The standard InChI is InChI=1S/C17H17F3.C12H6BrF3.C5H11Br.S2/c1-3-11(2)6-12-4-5-16(17(20)7-12)13-8-14(18)10-15(19)9-13;13-8-1-2-11(12(16)5-8)7-3-9(14)6-10(15)4-7;1-3-5(2)4-6;1-2/h4-5,7-11H,3,6H2,1-2H3;1-6H;5H,3-4H2,1-2H3;. The Morgan fingerprint density at radius 3 is 1.34 bits per heavy atom. The number of halogens is 8. The minimum Gasteiger partial charge on any atom is -0.207 e. The molecule has 0 N–H and O–H groups in total. The van der Waals surface area contributed by atoms with E-state index in [1.165, 1.54) is 24.6 Å². The van der Waals surface area contributed by atoms with Crippen molar-refractivity contribution in [1.29, 1.82) is 0 Å². The smallest absolute Gasteiger partial charge is 0.132 e. The summed E-state index contributed by atoms with van der Waals surface area (Å²) in [6.07, 6.45) is 3.11. The fourth-order valence-electron chi connectivity index (χ4n) is 3.72. The normalized spacial score (nSPS) is 11.5. The van der Waals surface area contributed by atoms with E-state index in [2.05, 4.69) is 81.9 Å². The summed E-state index contributed by atoms with van der Waals surface area (Å²) in [5.41, 5.74) is 1.69. The van der Waals surface area contributed by atoms with E-state index in [9.17, 15) is 26.3 Å². The molecule has 0 aliphatic heterocycles. The molecule has 4 rings (SSSR count). The van der Waals surface area contributed by atoms with E-state index in [4.69, 9.17) is 0 Å². The van der Waals surface area contributed by atoms with E-state index in [0.29, 0.717) is 10.4 Å². The van der Waals surface area contributed by atoms with E-state index >= 15 is 0 Å². The van der Waals surface area contributed by atoms with Crippen molar-refractivity contribution in [2.75, 3.05) is 5.33 Å². The second-order valence-corrected chi connectivity index (χ2v) is 11.7. The third-order valence-corrected chi connectivity index (χ3v) is 8.15. The van der Waals surface area contributed by atoms with Gasteiger partial charge in [-0.25, -0.2) is 26.3 Å². The van der Waals surface area contributed by atoms with Gasteiger partial charge in [-0.1, -0.05) is 90.6 Å². The lowest BCUT2D eigenvalue weighted by atomic mass is 9.96. The van der Waals surface area contributed by atoms with Crippen LogP contribution < -0.4 is 0 Å². The summed E-state index contributed by atoms with van der Waals surface area (Å²) >= 11 is 13.8. The summed E-state index contributed by atoms with van der Waals surface area (Å²) < 4.78 is 80.5. The molecular formula is C34H34Br2F6S2. The zero-order valence-electron chi connectivity index (χ0n) is 24.8. The first-order valence-electron chi connectivity index (χ1n) is 13.8. The Kier molecular flexibility index (Phi) is 18.9. The summed E-state index contributed by atoms with van der Waals surface area (Å²) in [6, 6.07) is 15.2. The highest BCUT2D eigenvalue weighted by atomic mass is 79.9. The van der Waals surface area contributed by atoms with Gasteiger partial charge in [-0.3, -0.25) is 0 Å². The summed E-state index contributed by atoms with van der Waals surface area (Å²) in [7, 11) is 0. The van der Waals surface area contributed by atoms with Crippen LogP contribution in [0.25, 0.3) is 22.3 Å². The quantitative estimate of drug-likeness (QED) is 0.135. The molecule has 0 aromatic heterocycles. The Balaban J connectivity index is 0.000000360. The van der Waals surface area contributed by atoms with Gasteiger partial charge in [-0.15, -0.1) is 0 Å². The van der Waals surface area contributed by atoms with Crippen LogP contribution in [0, 0.1) is 46.7 Å². The Hall–Kier alpha value is -2.14. The summed E-state index contributed by atoms with van der Waals surface area (Å²) in [4.78, 5) is 0. The lowest BCUT2D eigenvalue weighted by Gasteiger charge is -2.10. The SMILES string of the molecule is CCC(C)CBr.CCC(C)Cc1ccc(-c2cc(F)cc(F)c2)c(F)c1.Fc1cc(F)cc(-c2ccc(Br)cc2F)c1.S=S. The minimum absolute atomic E-state index is 0.168. The molecule has 0 amide bonds. The van der Waals surface area contributed by atoms with Gasteiger partial charge in [0.25, 0.3) is 0 Å². The summed E-state index contributed by atoms with van der Waals surface area (Å²) in [6.45, 7) is 8.62. The predicted octanol–water partition coefficient (Wildman–Crippen LogP) is 12.3. The van der Waals surface area contributed by atoms with Gasteiger partial charge in [0.05, 0.1) is 0 Å². The van der Waals surface area contributed by atoms with Gasteiger partial charge in [0.15, 0.2) is 0 Å². The van der Waals surface area contributed by atoms with E-state index in [1.807, 2.05) is 6.07 Å². The van der Waals surface area contributed by atoms with E-state index < -0.39 is 34.9 Å². The highest BCUT2D eigenvalue weighted by Gasteiger charge is 2.11. The van der Waals surface area contributed by atoms with Crippen molar-refractivity contribution in [1.82, 2.24) is 0 Å². The average molecular weight is 781 g/mol. The summed E-state index contributed by atoms with van der Waals surface area (Å²) in [5.74, 6) is -2.51. The van der Waals surface area contributed by atoms with Crippen LogP contribution in [0.15, 0.2) is 77.3 Å². The first-order chi connectivity index (χ1) is 20.9. The predicted molar refractivity (Wildman–Crippen MR) is 182 cm³/mol. The van der Waals surface area contributed by atoms with Crippen LogP contribution >= 0.6 is 31.9 Å². The Morgan fingerprint density at radius 1 is 0.591 bits per heavy atom. The molecule has 10 heteroatoms. The van der Waals surface area contributed by atoms with Crippen LogP contribution in [-0.4, -0.2) is 5.33 Å². The van der Waals surface area contributed by atoms with Crippen LogP contribution in [0.4, 0.5) is 26.3 Å². The Labute approximate surface area is 283 Å². The second-order valence-electron chi connectivity index (χ2n) is 10.1. The van der Waals surface area contributed by atoms with Crippen molar-refractivity contribution in [3.8, 4) is 22.3 Å². The molecular weight excluding hydrogens is 746 g/mol. The number of hydrogen-bond acceptors (Lipinski definition) is 2. The maximum atomic E-state index is 14.1. The fraction of sp³-hybridized carbons (Fsp3) is 0.294. The van der Waals surface area contributed by atoms with Crippen molar-refractivity contribution in [3.05, 3.63) is 118 Å². The molecule has 0 spiro atoms. The molecule has 0 fully saturated rings. The van der Waals surface area contributed by atoms with Crippen LogP contribution in [0.2, 0.25) is 0 Å². The Bertz CT molecular complexity index is 1420.